The summed E-state index contributed by atoms with van der Waals surface area (Å²) in [6, 6.07) is 16.7. The molecule has 10 heteroatoms. The number of pyridine rings is 1. The summed E-state index contributed by atoms with van der Waals surface area (Å²) in [6.07, 6.45) is 4.34. The number of carbonyl (C=O) groups is 2. The van der Waals surface area contributed by atoms with Crippen LogP contribution in [-0.4, -0.2) is 56.9 Å². The molecule has 9 nitrogen and oxygen atoms in total. The van der Waals surface area contributed by atoms with Crippen molar-refractivity contribution < 1.29 is 9.59 Å². The van der Waals surface area contributed by atoms with E-state index in [-0.39, 0.29) is 35.8 Å². The van der Waals surface area contributed by atoms with E-state index >= 15 is 0 Å². The summed E-state index contributed by atoms with van der Waals surface area (Å²) >= 11 is 6.48. The highest BCUT2D eigenvalue weighted by molar-refractivity contribution is 6.34. The molecule has 41 heavy (non-hydrogen) atoms. The molecule has 2 atom stereocenters. The molecule has 0 spiro atoms. The molecule has 1 aliphatic rings. The predicted molar refractivity (Wildman–Crippen MR) is 161 cm³/mol. The van der Waals surface area contributed by atoms with Crippen molar-refractivity contribution in [1.82, 2.24) is 24.8 Å². The monoisotopic (exact) mass is 574 g/mol. The molecule has 0 unspecified atom stereocenters. The van der Waals surface area contributed by atoms with Crippen molar-refractivity contribution in [2.45, 2.75) is 51.1 Å². The number of likely N-dealkylation sites (tertiary alicyclic amines) is 1. The number of aromatic amines is 1. The van der Waals surface area contributed by atoms with Crippen molar-refractivity contribution in [3.8, 4) is 11.1 Å². The Labute approximate surface area is 243 Å². The van der Waals surface area contributed by atoms with Crippen LogP contribution in [0.4, 0.5) is 0 Å². The topological polar surface area (TPSA) is 126 Å². The first-order valence-corrected chi connectivity index (χ1v) is 14.4. The molecule has 1 saturated heterocycles. The zero-order chi connectivity index (χ0) is 28.9. The number of carbonyl (C=O) groups excluding carboxylic acids is 2. The van der Waals surface area contributed by atoms with E-state index in [9.17, 15) is 14.4 Å². The molecule has 214 valence electrons. The van der Waals surface area contributed by atoms with E-state index in [4.69, 9.17) is 22.3 Å². The van der Waals surface area contributed by atoms with Gasteiger partial charge in [0.1, 0.15) is 11.3 Å². The minimum Gasteiger partial charge on any atom is -0.355 e. The van der Waals surface area contributed by atoms with Crippen LogP contribution in [0.15, 0.2) is 65.6 Å². The number of nitrogens with one attached hydrogen (secondary N) is 2. The quantitative estimate of drug-likeness (QED) is 0.280. The van der Waals surface area contributed by atoms with Crippen LogP contribution in [0.25, 0.3) is 22.2 Å². The molecule has 0 radical (unpaired) electrons. The van der Waals surface area contributed by atoms with Crippen molar-refractivity contribution in [1.29, 1.82) is 0 Å². The molecular weight excluding hydrogens is 540 g/mol. The highest BCUT2D eigenvalue weighted by atomic mass is 35.5. The van der Waals surface area contributed by atoms with Crippen molar-refractivity contribution >= 4 is 34.4 Å². The lowest BCUT2D eigenvalue weighted by molar-refractivity contribution is -0.132. The van der Waals surface area contributed by atoms with Gasteiger partial charge in [0.05, 0.1) is 10.5 Å². The van der Waals surface area contributed by atoms with Gasteiger partial charge in [-0.15, -0.1) is 0 Å². The van der Waals surface area contributed by atoms with Crippen LogP contribution in [0, 0.1) is 0 Å². The number of piperidine rings is 1. The number of rotatable bonds is 9. The first-order chi connectivity index (χ1) is 19.8. The third kappa shape index (κ3) is 6.86. The summed E-state index contributed by atoms with van der Waals surface area (Å²) in [5, 5.41) is 3.45. The maximum atomic E-state index is 13.3. The highest BCUT2D eigenvalue weighted by Crippen LogP contribution is 2.32. The number of benzene rings is 2. The molecule has 0 bridgehead atoms. The van der Waals surface area contributed by atoms with Gasteiger partial charge in [-0.1, -0.05) is 41.9 Å². The SMILES string of the molecule is CC(=O)NCCn1c([C@@H]2CCCN(C(=O)C[C@H](N)Cc3ccc(-c4ccc(=O)[nH]c4)cc3)C2)nc2c(Cl)cccc21. The van der Waals surface area contributed by atoms with Crippen LogP contribution in [-0.2, 0) is 22.6 Å². The third-order valence-electron chi connectivity index (χ3n) is 7.61. The molecule has 1 fully saturated rings. The number of nitrogens with two attached hydrogens (primary N) is 1. The number of aromatic nitrogens is 3. The molecule has 2 aromatic heterocycles. The predicted octanol–water partition coefficient (Wildman–Crippen LogP) is 3.85. The Morgan fingerprint density at radius 1 is 1.15 bits per heavy atom. The van der Waals surface area contributed by atoms with Crippen LogP contribution in [0.2, 0.25) is 5.02 Å². The maximum absolute atomic E-state index is 13.3. The van der Waals surface area contributed by atoms with Crippen LogP contribution < -0.4 is 16.6 Å². The molecule has 0 aliphatic carbocycles. The Kier molecular flexibility index (Phi) is 8.85. The zero-order valence-electron chi connectivity index (χ0n) is 23.1. The van der Waals surface area contributed by atoms with Gasteiger partial charge in [0.2, 0.25) is 17.4 Å². The van der Waals surface area contributed by atoms with E-state index in [1.807, 2.05) is 47.4 Å². The number of fused-ring (bicyclic) bond motifs is 1. The van der Waals surface area contributed by atoms with Crippen LogP contribution in [0.3, 0.4) is 0 Å². The lowest BCUT2D eigenvalue weighted by Gasteiger charge is -2.33. The summed E-state index contributed by atoms with van der Waals surface area (Å²) in [5.41, 5.74) is 11.0. The van der Waals surface area contributed by atoms with Gasteiger partial charge in [-0.3, -0.25) is 14.4 Å². The van der Waals surface area contributed by atoms with Gasteiger partial charge in [0, 0.05) is 63.7 Å². The second-order valence-corrected chi connectivity index (χ2v) is 11.1. The Morgan fingerprint density at radius 3 is 2.66 bits per heavy atom. The summed E-state index contributed by atoms with van der Waals surface area (Å²) in [7, 11) is 0. The van der Waals surface area contributed by atoms with Gasteiger partial charge in [0.15, 0.2) is 0 Å². The first kappa shape index (κ1) is 28.6. The van der Waals surface area contributed by atoms with Gasteiger partial charge >= 0.3 is 0 Å². The van der Waals surface area contributed by atoms with Gasteiger partial charge in [-0.2, -0.15) is 0 Å². The normalized spacial score (nSPS) is 16.1. The minimum absolute atomic E-state index is 0.0472. The Hall–Kier alpha value is -3.95. The lowest BCUT2D eigenvalue weighted by atomic mass is 9.95. The number of imidazole rings is 1. The van der Waals surface area contributed by atoms with Crippen LogP contribution >= 0.6 is 11.6 Å². The van der Waals surface area contributed by atoms with E-state index in [2.05, 4.69) is 14.9 Å². The van der Waals surface area contributed by atoms with Gasteiger partial charge in [0.25, 0.3) is 0 Å². The fourth-order valence-corrected chi connectivity index (χ4v) is 5.80. The Balaban J connectivity index is 1.23. The van der Waals surface area contributed by atoms with Crippen molar-refractivity contribution in [2.75, 3.05) is 19.6 Å². The second-order valence-electron chi connectivity index (χ2n) is 10.7. The number of para-hydroxylation sites is 1. The Morgan fingerprint density at radius 2 is 1.93 bits per heavy atom. The zero-order valence-corrected chi connectivity index (χ0v) is 23.9. The largest absolute Gasteiger partial charge is 0.355 e. The number of amides is 2. The molecule has 1 aliphatic heterocycles. The molecule has 2 amide bonds. The summed E-state index contributed by atoms with van der Waals surface area (Å²) in [5.74, 6) is 0.920. The van der Waals surface area contributed by atoms with E-state index in [1.165, 1.54) is 13.0 Å². The van der Waals surface area contributed by atoms with Crippen molar-refractivity contribution in [3.63, 3.8) is 0 Å². The molecule has 3 heterocycles. The summed E-state index contributed by atoms with van der Waals surface area (Å²) < 4.78 is 2.12. The van der Waals surface area contributed by atoms with E-state index in [0.29, 0.717) is 37.6 Å². The van der Waals surface area contributed by atoms with E-state index < -0.39 is 0 Å². The van der Waals surface area contributed by atoms with Crippen molar-refractivity contribution in [3.05, 3.63) is 87.6 Å². The minimum atomic E-state index is -0.303. The van der Waals surface area contributed by atoms with Crippen LogP contribution in [0.1, 0.15) is 43.5 Å². The standard InChI is InChI=1S/C31H35ClN6O3/c1-20(39)34-13-15-38-27-6-2-5-26(32)30(27)36-31(38)24-4-3-14-37(19-24)29(41)17-25(33)16-21-7-9-22(10-8-21)23-11-12-28(40)35-18-23/h2,5-12,18,24-25H,3-4,13-17,19,33H2,1H3,(H,34,39)(H,35,40)/t24-,25-/m1/s1. The fraction of sp³-hybridized carbons (Fsp3) is 0.355. The third-order valence-corrected chi connectivity index (χ3v) is 7.92. The number of halogens is 1. The van der Waals surface area contributed by atoms with Gasteiger partial charge in [-0.25, -0.2) is 4.98 Å². The maximum Gasteiger partial charge on any atom is 0.247 e. The lowest BCUT2D eigenvalue weighted by Crippen LogP contribution is -2.42. The summed E-state index contributed by atoms with van der Waals surface area (Å²) in [6.45, 7) is 3.82. The number of nitrogens with zero attached hydrogens (tertiary/aromatic N) is 3. The molecular formula is C31H35ClN6O3. The number of hydrogen-bond donors (Lipinski definition) is 3. The van der Waals surface area contributed by atoms with Gasteiger partial charge < -0.3 is 25.5 Å². The summed E-state index contributed by atoms with van der Waals surface area (Å²) in [4.78, 5) is 45.6. The second kappa shape index (κ2) is 12.7. The van der Waals surface area contributed by atoms with E-state index in [1.54, 1.807) is 12.3 Å². The number of hydrogen-bond acceptors (Lipinski definition) is 5. The molecule has 5 rings (SSSR count). The smallest absolute Gasteiger partial charge is 0.247 e. The molecule has 2 aromatic carbocycles. The average molecular weight is 575 g/mol. The fourth-order valence-electron chi connectivity index (χ4n) is 5.59. The molecule has 0 saturated carbocycles. The number of H-pyrrole nitrogens is 1. The van der Waals surface area contributed by atoms with E-state index in [0.717, 1.165) is 46.4 Å². The van der Waals surface area contributed by atoms with Crippen molar-refractivity contribution in [2.24, 2.45) is 5.73 Å². The Bertz CT molecular complexity index is 1580. The first-order valence-electron chi connectivity index (χ1n) is 14.0. The average Bonchev–Trinajstić information content (AvgIpc) is 3.33. The molecule has 4 aromatic rings. The van der Waals surface area contributed by atoms with Gasteiger partial charge in [-0.05, 0) is 54.2 Å². The molecule has 4 N–H and O–H groups in total. The highest BCUT2D eigenvalue weighted by Gasteiger charge is 2.29. The van der Waals surface area contributed by atoms with Crippen LogP contribution in [0.5, 0.6) is 0 Å².